The lowest BCUT2D eigenvalue weighted by molar-refractivity contribution is 0.0161. The third-order valence-corrected chi connectivity index (χ3v) is 3.76. The van der Waals surface area contributed by atoms with Crippen LogP contribution in [-0.4, -0.2) is 22.9 Å². The van der Waals surface area contributed by atoms with E-state index in [1.165, 1.54) is 11.3 Å². The molecule has 1 heterocycles. The number of fused-ring (bicyclic) bond motifs is 1. The van der Waals surface area contributed by atoms with Gasteiger partial charge in [-0.2, -0.15) is 0 Å². The van der Waals surface area contributed by atoms with Crippen LogP contribution in [0.25, 0.3) is 20.5 Å². The van der Waals surface area contributed by atoms with Crippen molar-refractivity contribution >= 4 is 21.4 Å². The van der Waals surface area contributed by atoms with Crippen LogP contribution >= 0.6 is 11.3 Å². The van der Waals surface area contributed by atoms with E-state index in [1.54, 1.807) is 0 Å². The molecule has 2 N–H and O–H groups in total. The maximum absolute atomic E-state index is 10.1. The average molecular weight is 263 g/mol. The highest BCUT2D eigenvalue weighted by Gasteiger charge is 2.20. The molecule has 0 saturated carbocycles. The molecule has 1 aromatic heterocycles. The molecule has 1 aromatic carbocycles. The van der Waals surface area contributed by atoms with Gasteiger partial charge < -0.3 is 10.2 Å². The summed E-state index contributed by atoms with van der Waals surface area (Å²) in [5, 5.41) is 26.1. The molecule has 0 amide bonds. The fourth-order valence-electron chi connectivity index (χ4n) is 1.83. The smallest absolute Gasteiger partial charge is 0.106 e. The summed E-state index contributed by atoms with van der Waals surface area (Å²) in [5.41, 5.74) is 8.88. The first kappa shape index (κ1) is 12.9. The first-order valence-electron chi connectivity index (χ1n) is 5.57. The van der Waals surface area contributed by atoms with Crippen molar-refractivity contribution in [1.29, 1.82) is 0 Å². The van der Waals surface area contributed by atoms with Crippen molar-refractivity contribution in [3.05, 3.63) is 45.7 Å². The van der Waals surface area contributed by atoms with Crippen LogP contribution in [0.1, 0.15) is 18.1 Å². The van der Waals surface area contributed by atoms with Crippen LogP contribution in [0, 0.1) is 0 Å². The van der Waals surface area contributed by atoms with E-state index >= 15 is 0 Å². The van der Waals surface area contributed by atoms with E-state index in [2.05, 4.69) is 10.0 Å². The summed E-state index contributed by atoms with van der Waals surface area (Å²) in [6.07, 6.45) is -1.63. The van der Waals surface area contributed by atoms with Gasteiger partial charge in [0.15, 0.2) is 0 Å². The van der Waals surface area contributed by atoms with Gasteiger partial charge in [0.05, 0.1) is 6.10 Å². The summed E-state index contributed by atoms with van der Waals surface area (Å²) >= 11 is 1.53. The lowest BCUT2D eigenvalue weighted by Crippen LogP contribution is -2.18. The maximum atomic E-state index is 10.1. The molecule has 0 spiro atoms. The number of thiophene rings is 1. The zero-order chi connectivity index (χ0) is 13.0. The van der Waals surface area contributed by atoms with Crippen molar-refractivity contribution in [2.24, 2.45) is 5.11 Å². The number of hydrogen-bond donors (Lipinski definition) is 2. The highest BCUT2D eigenvalue weighted by molar-refractivity contribution is 7.17. The van der Waals surface area contributed by atoms with Crippen LogP contribution in [0.5, 0.6) is 0 Å². The second-order valence-electron chi connectivity index (χ2n) is 3.94. The lowest BCUT2D eigenvalue weighted by atomic mass is 10.0. The van der Waals surface area contributed by atoms with Crippen molar-refractivity contribution in [2.75, 3.05) is 6.54 Å². The number of aliphatic hydroxyl groups is 2. The third-order valence-electron chi connectivity index (χ3n) is 2.78. The van der Waals surface area contributed by atoms with E-state index in [0.717, 1.165) is 15.6 Å². The summed E-state index contributed by atoms with van der Waals surface area (Å²) in [4.78, 5) is 2.61. The van der Waals surface area contributed by atoms with Crippen LogP contribution in [0.2, 0.25) is 0 Å². The number of rotatable bonds is 5. The Labute approximate surface area is 108 Å². The first-order valence-corrected chi connectivity index (χ1v) is 6.45. The Hall–Kier alpha value is -1.59. The Bertz CT molecular complexity index is 577. The number of azide groups is 1. The molecular weight excluding hydrogens is 250 g/mol. The number of hydrogen-bond acceptors (Lipinski definition) is 4. The standard InChI is InChI=1S/C12H13N3O2S/c13-15-14-6-5-10(16)12(17)9-7-18-11-4-2-1-3-8(9)11/h1-4,7,10,12,16-17H,5-6H2. The first-order chi connectivity index (χ1) is 8.74. The molecule has 2 atom stereocenters. The summed E-state index contributed by atoms with van der Waals surface area (Å²) in [5.74, 6) is 0. The molecule has 5 nitrogen and oxygen atoms in total. The number of aliphatic hydroxyl groups excluding tert-OH is 2. The molecule has 0 radical (unpaired) electrons. The molecule has 0 bridgehead atoms. The topological polar surface area (TPSA) is 89.2 Å². The van der Waals surface area contributed by atoms with Gasteiger partial charge in [-0.3, -0.25) is 0 Å². The van der Waals surface area contributed by atoms with E-state index in [-0.39, 0.29) is 13.0 Å². The fraction of sp³-hybridized carbons (Fsp3) is 0.333. The van der Waals surface area contributed by atoms with Crippen molar-refractivity contribution in [2.45, 2.75) is 18.6 Å². The van der Waals surface area contributed by atoms with E-state index in [1.807, 2.05) is 29.6 Å². The average Bonchev–Trinajstić information content (AvgIpc) is 2.82. The van der Waals surface area contributed by atoms with Gasteiger partial charge in [-0.25, -0.2) is 0 Å². The summed E-state index contributed by atoms with van der Waals surface area (Å²) in [6, 6.07) is 7.73. The molecule has 6 heteroatoms. The molecule has 0 aliphatic carbocycles. The van der Waals surface area contributed by atoms with Crippen molar-refractivity contribution in [1.82, 2.24) is 0 Å². The van der Waals surface area contributed by atoms with Crippen molar-refractivity contribution in [3.8, 4) is 0 Å². The van der Waals surface area contributed by atoms with E-state index < -0.39 is 12.2 Å². The van der Waals surface area contributed by atoms with E-state index in [0.29, 0.717) is 0 Å². The van der Waals surface area contributed by atoms with Gasteiger partial charge >= 0.3 is 0 Å². The third kappa shape index (κ3) is 2.63. The summed E-state index contributed by atoms with van der Waals surface area (Å²) < 4.78 is 1.08. The molecule has 2 unspecified atom stereocenters. The number of benzene rings is 1. The molecule has 0 saturated heterocycles. The molecule has 2 rings (SSSR count). The van der Waals surface area contributed by atoms with Crippen LogP contribution < -0.4 is 0 Å². The monoisotopic (exact) mass is 263 g/mol. The molecule has 0 aliphatic heterocycles. The van der Waals surface area contributed by atoms with Gasteiger partial charge in [-0.1, -0.05) is 23.3 Å². The normalized spacial score (nSPS) is 14.1. The van der Waals surface area contributed by atoms with Crippen LogP contribution in [0.4, 0.5) is 0 Å². The Morgan fingerprint density at radius 3 is 2.89 bits per heavy atom. The minimum Gasteiger partial charge on any atom is -0.390 e. The van der Waals surface area contributed by atoms with Crippen LogP contribution in [0.15, 0.2) is 34.8 Å². The SMILES string of the molecule is [N-]=[N+]=NCCC(O)C(O)c1csc2ccccc12. The largest absolute Gasteiger partial charge is 0.390 e. The van der Waals surface area contributed by atoms with E-state index in [4.69, 9.17) is 5.53 Å². The molecular formula is C12H13N3O2S. The fourth-order valence-corrected chi connectivity index (χ4v) is 2.82. The van der Waals surface area contributed by atoms with Gasteiger partial charge in [0.1, 0.15) is 6.10 Å². The second-order valence-corrected chi connectivity index (χ2v) is 4.85. The Balaban J connectivity index is 2.17. The molecule has 94 valence electrons. The lowest BCUT2D eigenvalue weighted by Gasteiger charge is -2.16. The van der Waals surface area contributed by atoms with Gasteiger partial charge in [0.25, 0.3) is 0 Å². The van der Waals surface area contributed by atoms with Gasteiger partial charge in [-0.05, 0) is 28.8 Å². The van der Waals surface area contributed by atoms with E-state index in [9.17, 15) is 10.2 Å². The molecule has 2 aromatic rings. The molecule has 0 fully saturated rings. The Kier molecular flexibility index (Phi) is 4.17. The number of nitrogens with zero attached hydrogens (tertiary/aromatic N) is 3. The minimum absolute atomic E-state index is 0.177. The predicted octanol–water partition coefficient (Wildman–Crippen LogP) is 3.00. The summed E-state index contributed by atoms with van der Waals surface area (Å²) in [7, 11) is 0. The van der Waals surface area contributed by atoms with Crippen molar-refractivity contribution < 1.29 is 10.2 Å². The van der Waals surface area contributed by atoms with Gasteiger partial charge in [0, 0.05) is 21.7 Å². The van der Waals surface area contributed by atoms with Crippen molar-refractivity contribution in [3.63, 3.8) is 0 Å². The highest BCUT2D eigenvalue weighted by Crippen LogP contribution is 2.32. The van der Waals surface area contributed by atoms with Gasteiger partial charge in [0.2, 0.25) is 0 Å². The zero-order valence-electron chi connectivity index (χ0n) is 9.60. The molecule has 18 heavy (non-hydrogen) atoms. The van der Waals surface area contributed by atoms with Gasteiger partial charge in [-0.15, -0.1) is 11.3 Å². The Morgan fingerprint density at radius 1 is 1.33 bits per heavy atom. The molecule has 0 aliphatic rings. The second kappa shape index (κ2) is 5.84. The summed E-state index contributed by atoms with van der Waals surface area (Å²) in [6.45, 7) is 0.177. The quantitative estimate of drug-likeness (QED) is 0.493. The van der Waals surface area contributed by atoms with Crippen LogP contribution in [0.3, 0.4) is 0 Å². The zero-order valence-corrected chi connectivity index (χ0v) is 10.4. The Morgan fingerprint density at radius 2 is 2.11 bits per heavy atom. The van der Waals surface area contributed by atoms with Crippen LogP contribution in [-0.2, 0) is 0 Å². The maximum Gasteiger partial charge on any atom is 0.106 e. The highest BCUT2D eigenvalue weighted by atomic mass is 32.1. The predicted molar refractivity (Wildman–Crippen MR) is 71.4 cm³/mol. The minimum atomic E-state index is -0.949.